The predicted octanol–water partition coefficient (Wildman–Crippen LogP) is 5.17. The van der Waals surface area contributed by atoms with Crippen LogP contribution in [-0.4, -0.2) is 52.3 Å². The smallest absolute Gasteiger partial charge is 0.336 e. The zero-order chi connectivity index (χ0) is 23.7. The van der Waals surface area contributed by atoms with Crippen LogP contribution in [-0.2, 0) is 11.2 Å². The number of hydrogen-bond donors (Lipinski definition) is 2. The van der Waals surface area contributed by atoms with Crippen molar-refractivity contribution in [3.05, 3.63) is 64.7 Å². The number of aromatic nitrogens is 3. The van der Waals surface area contributed by atoms with Gasteiger partial charge in [-0.2, -0.15) is 4.98 Å². The Hall–Kier alpha value is -3.62. The van der Waals surface area contributed by atoms with E-state index in [1.165, 1.54) is 6.07 Å². The van der Waals surface area contributed by atoms with E-state index in [4.69, 9.17) is 21.1 Å². The molecule has 34 heavy (non-hydrogen) atoms. The van der Waals surface area contributed by atoms with Crippen molar-refractivity contribution in [1.29, 1.82) is 0 Å². The number of aromatic amines is 1. The second-order valence-electron chi connectivity index (χ2n) is 7.96. The molecule has 0 bridgehead atoms. The molecule has 4 aromatic rings. The van der Waals surface area contributed by atoms with Crippen molar-refractivity contribution in [2.24, 2.45) is 0 Å². The van der Waals surface area contributed by atoms with Crippen molar-refractivity contribution < 1.29 is 19.4 Å². The number of pyridine rings is 1. The highest BCUT2D eigenvalue weighted by Gasteiger charge is 2.16. The lowest BCUT2D eigenvalue weighted by Gasteiger charge is -2.28. The maximum absolute atomic E-state index is 11.5. The summed E-state index contributed by atoms with van der Waals surface area (Å²) in [4.78, 5) is 25.9. The van der Waals surface area contributed by atoms with Crippen molar-refractivity contribution in [2.75, 3.05) is 31.2 Å². The van der Waals surface area contributed by atoms with Crippen molar-refractivity contribution in [3.63, 3.8) is 0 Å². The molecule has 5 rings (SSSR count). The largest absolute Gasteiger partial charge is 0.478 e. The highest BCUT2D eigenvalue weighted by atomic mass is 35.5. The van der Waals surface area contributed by atoms with Gasteiger partial charge in [0, 0.05) is 24.3 Å². The maximum Gasteiger partial charge on any atom is 0.336 e. The summed E-state index contributed by atoms with van der Waals surface area (Å²) in [6.07, 6.45) is 0.616. The van der Waals surface area contributed by atoms with Gasteiger partial charge in [-0.15, -0.1) is 0 Å². The van der Waals surface area contributed by atoms with Crippen molar-refractivity contribution >= 4 is 34.4 Å². The van der Waals surface area contributed by atoms with Gasteiger partial charge in [-0.05, 0) is 42.3 Å². The quantitative estimate of drug-likeness (QED) is 0.394. The normalized spacial score (nSPS) is 13.9. The molecular weight excluding hydrogens is 456 g/mol. The molecular formula is C25H23ClN4O4. The van der Waals surface area contributed by atoms with Crippen LogP contribution < -0.4 is 9.64 Å². The van der Waals surface area contributed by atoms with Gasteiger partial charge in [0.05, 0.1) is 35.0 Å². The fourth-order valence-corrected chi connectivity index (χ4v) is 4.30. The molecule has 0 unspecified atom stereocenters. The number of nitrogens with one attached hydrogen (secondary N) is 1. The Balaban J connectivity index is 1.41. The van der Waals surface area contributed by atoms with E-state index in [0.717, 1.165) is 43.1 Å². The summed E-state index contributed by atoms with van der Waals surface area (Å²) in [5.41, 5.74) is 4.67. The summed E-state index contributed by atoms with van der Waals surface area (Å²) in [7, 11) is 0. The van der Waals surface area contributed by atoms with Crippen molar-refractivity contribution in [2.45, 2.75) is 13.3 Å². The lowest BCUT2D eigenvalue weighted by atomic mass is 10.1. The van der Waals surface area contributed by atoms with Gasteiger partial charge >= 0.3 is 12.0 Å². The number of imidazole rings is 1. The minimum Gasteiger partial charge on any atom is -0.478 e. The molecule has 0 radical (unpaired) electrons. The Morgan fingerprint density at radius 3 is 2.62 bits per heavy atom. The minimum atomic E-state index is -0.996. The first kappa shape index (κ1) is 22.2. The number of anilines is 1. The third-order valence-electron chi connectivity index (χ3n) is 5.83. The first-order valence-corrected chi connectivity index (χ1v) is 11.4. The molecule has 1 aliphatic rings. The van der Waals surface area contributed by atoms with Gasteiger partial charge < -0.3 is 24.5 Å². The number of carbonyl (C=O) groups is 1. The molecule has 0 amide bonds. The maximum atomic E-state index is 11.5. The topological polar surface area (TPSA) is 101 Å². The van der Waals surface area contributed by atoms with Crippen LogP contribution in [0.25, 0.3) is 22.4 Å². The van der Waals surface area contributed by atoms with E-state index in [0.29, 0.717) is 34.1 Å². The van der Waals surface area contributed by atoms with E-state index in [1.807, 2.05) is 19.1 Å². The Morgan fingerprint density at radius 1 is 1.15 bits per heavy atom. The molecule has 174 valence electrons. The molecule has 0 saturated carbocycles. The van der Waals surface area contributed by atoms with Crippen LogP contribution in [0.5, 0.6) is 11.8 Å². The van der Waals surface area contributed by atoms with Crippen LogP contribution >= 0.6 is 11.6 Å². The fraction of sp³-hybridized carbons (Fsp3) is 0.240. The Kier molecular flexibility index (Phi) is 6.08. The lowest BCUT2D eigenvalue weighted by molar-refractivity contribution is 0.0695. The molecule has 0 aliphatic carbocycles. The number of carboxylic acids is 1. The zero-order valence-electron chi connectivity index (χ0n) is 18.5. The van der Waals surface area contributed by atoms with Gasteiger partial charge in [-0.1, -0.05) is 36.7 Å². The monoisotopic (exact) mass is 478 g/mol. The van der Waals surface area contributed by atoms with E-state index in [-0.39, 0.29) is 11.6 Å². The first-order chi connectivity index (χ1) is 16.5. The molecule has 1 fully saturated rings. The van der Waals surface area contributed by atoms with Gasteiger partial charge in [-0.3, -0.25) is 0 Å². The van der Waals surface area contributed by atoms with Gasteiger partial charge in [-0.25, -0.2) is 9.78 Å². The van der Waals surface area contributed by atoms with Crippen LogP contribution in [0.3, 0.4) is 0 Å². The molecule has 0 atom stereocenters. The summed E-state index contributed by atoms with van der Waals surface area (Å²) in [6.45, 7) is 5.11. The highest BCUT2D eigenvalue weighted by Crippen LogP contribution is 2.32. The first-order valence-electron chi connectivity index (χ1n) is 11.1. The standard InChI is InChI=1S/C25H23ClN4O4/c1-2-15-5-8-18(13-19(15)24(31)32)34-25-27-21-14-20(26)22(28-23(21)29-25)16-3-6-17(7-4-16)30-9-11-33-12-10-30/h3-8,13-14H,2,9-12H2,1H3,(H,31,32)(H,27,28,29). The number of nitrogens with zero attached hydrogens (tertiary/aromatic N) is 3. The number of hydrogen-bond acceptors (Lipinski definition) is 6. The number of benzene rings is 2. The molecule has 1 saturated heterocycles. The van der Waals surface area contributed by atoms with Crippen LogP contribution in [0.1, 0.15) is 22.8 Å². The van der Waals surface area contributed by atoms with Crippen molar-refractivity contribution in [1.82, 2.24) is 15.0 Å². The van der Waals surface area contributed by atoms with Gasteiger partial charge in [0.2, 0.25) is 0 Å². The molecule has 0 spiro atoms. The highest BCUT2D eigenvalue weighted by molar-refractivity contribution is 6.33. The SMILES string of the molecule is CCc1ccc(Oc2nc3nc(-c4ccc(N5CCOCC5)cc4)c(Cl)cc3[nH]2)cc1C(=O)O. The van der Waals surface area contributed by atoms with Crippen molar-refractivity contribution in [3.8, 4) is 23.0 Å². The third-order valence-corrected chi connectivity index (χ3v) is 6.12. The van der Waals surface area contributed by atoms with Gasteiger partial charge in [0.1, 0.15) is 5.75 Å². The number of morpholine rings is 1. The van der Waals surface area contributed by atoms with Gasteiger partial charge in [0.15, 0.2) is 5.65 Å². The van der Waals surface area contributed by atoms with E-state index in [2.05, 4.69) is 32.0 Å². The van der Waals surface area contributed by atoms with E-state index in [9.17, 15) is 9.90 Å². The van der Waals surface area contributed by atoms with Crippen LogP contribution in [0.4, 0.5) is 5.69 Å². The second-order valence-corrected chi connectivity index (χ2v) is 8.37. The predicted molar refractivity (Wildman–Crippen MR) is 130 cm³/mol. The van der Waals surface area contributed by atoms with E-state index in [1.54, 1.807) is 18.2 Å². The number of H-pyrrole nitrogens is 1. The fourth-order valence-electron chi connectivity index (χ4n) is 4.04. The summed E-state index contributed by atoms with van der Waals surface area (Å²) in [5.74, 6) is -0.622. The van der Waals surface area contributed by atoms with Crippen LogP contribution in [0.2, 0.25) is 5.02 Å². The molecule has 2 N–H and O–H groups in total. The number of ether oxygens (including phenoxy) is 2. The lowest BCUT2D eigenvalue weighted by Crippen LogP contribution is -2.36. The van der Waals surface area contributed by atoms with Gasteiger partial charge in [0.25, 0.3) is 0 Å². The molecule has 2 aromatic carbocycles. The molecule has 8 nitrogen and oxygen atoms in total. The third kappa shape index (κ3) is 4.42. The molecule has 2 aromatic heterocycles. The van der Waals surface area contributed by atoms with Crippen LogP contribution in [0.15, 0.2) is 48.5 Å². The number of rotatable bonds is 6. The minimum absolute atomic E-state index is 0.207. The van der Waals surface area contributed by atoms with E-state index >= 15 is 0 Å². The molecule has 9 heteroatoms. The summed E-state index contributed by atoms with van der Waals surface area (Å²) in [6, 6.07) is 15.0. The summed E-state index contributed by atoms with van der Waals surface area (Å²) < 4.78 is 11.2. The number of carboxylic acid groups (broad SMARTS) is 1. The number of aromatic carboxylic acids is 1. The Bertz CT molecular complexity index is 1350. The van der Waals surface area contributed by atoms with Crippen LogP contribution in [0, 0.1) is 0 Å². The molecule has 1 aliphatic heterocycles. The molecule has 3 heterocycles. The Labute approximate surface area is 201 Å². The summed E-state index contributed by atoms with van der Waals surface area (Å²) >= 11 is 6.54. The summed E-state index contributed by atoms with van der Waals surface area (Å²) in [5, 5.41) is 9.94. The average Bonchev–Trinajstić information content (AvgIpc) is 3.25. The van der Waals surface area contributed by atoms with E-state index < -0.39 is 5.97 Å². The number of halogens is 1. The second kappa shape index (κ2) is 9.32. The Morgan fingerprint density at radius 2 is 1.91 bits per heavy atom. The zero-order valence-corrected chi connectivity index (χ0v) is 19.3. The number of aryl methyl sites for hydroxylation is 1. The average molecular weight is 479 g/mol. The number of fused-ring (bicyclic) bond motifs is 1.